The average molecular weight is 353 g/mol. The van der Waals surface area contributed by atoms with Crippen LogP contribution in [0.2, 0.25) is 0 Å². The summed E-state index contributed by atoms with van der Waals surface area (Å²) in [6.45, 7) is 4.69. The molecule has 0 spiro atoms. The number of carbonyl (C=O) groups excluding carboxylic acids is 3. The summed E-state index contributed by atoms with van der Waals surface area (Å²) in [6, 6.07) is 14.4. The summed E-state index contributed by atoms with van der Waals surface area (Å²) < 4.78 is 0. The van der Waals surface area contributed by atoms with E-state index in [1.807, 2.05) is 38.1 Å². The first kappa shape index (κ1) is 19.2. The minimum Gasteiger partial charge on any atom is -0.348 e. The van der Waals surface area contributed by atoms with E-state index in [0.29, 0.717) is 24.3 Å². The number of nitrogens with one attached hydrogen (secondary N) is 3. The fraction of sp³-hybridized carbons (Fsp3) is 0.250. The number of aryl methyl sites for hydroxylation is 1. The first-order valence-corrected chi connectivity index (χ1v) is 8.53. The van der Waals surface area contributed by atoms with E-state index >= 15 is 0 Å². The Balaban J connectivity index is 2.02. The number of para-hydroxylation sites is 1. The van der Waals surface area contributed by atoms with E-state index in [1.54, 1.807) is 24.3 Å². The van der Waals surface area contributed by atoms with Crippen molar-refractivity contribution in [2.75, 3.05) is 11.9 Å². The molecule has 0 atom stereocenters. The van der Waals surface area contributed by atoms with E-state index < -0.39 is 11.8 Å². The highest BCUT2D eigenvalue weighted by atomic mass is 16.2. The van der Waals surface area contributed by atoms with Crippen molar-refractivity contribution in [3.63, 3.8) is 0 Å². The molecule has 6 nitrogen and oxygen atoms in total. The van der Waals surface area contributed by atoms with Crippen LogP contribution in [0.25, 0.3) is 0 Å². The predicted octanol–water partition coefficient (Wildman–Crippen LogP) is 2.39. The minimum atomic E-state index is -0.794. The van der Waals surface area contributed by atoms with Crippen molar-refractivity contribution >= 4 is 23.4 Å². The lowest BCUT2D eigenvalue weighted by Gasteiger charge is -2.11. The Bertz CT molecular complexity index is 785. The lowest BCUT2D eigenvalue weighted by atomic mass is 10.1. The predicted molar refractivity (Wildman–Crippen MR) is 101 cm³/mol. The van der Waals surface area contributed by atoms with Gasteiger partial charge in [0.05, 0.1) is 11.3 Å². The number of amides is 3. The van der Waals surface area contributed by atoms with Crippen LogP contribution < -0.4 is 16.0 Å². The van der Waals surface area contributed by atoms with Crippen molar-refractivity contribution in [1.29, 1.82) is 0 Å². The van der Waals surface area contributed by atoms with E-state index in [2.05, 4.69) is 16.0 Å². The fourth-order valence-electron chi connectivity index (χ4n) is 2.27. The highest BCUT2D eigenvalue weighted by Gasteiger charge is 2.17. The van der Waals surface area contributed by atoms with Gasteiger partial charge in [0.1, 0.15) is 0 Å². The Hall–Kier alpha value is -3.15. The topological polar surface area (TPSA) is 87.3 Å². The van der Waals surface area contributed by atoms with Gasteiger partial charge in [0.15, 0.2) is 0 Å². The van der Waals surface area contributed by atoms with Crippen LogP contribution in [0, 0.1) is 6.92 Å². The third-order valence-corrected chi connectivity index (χ3v) is 3.74. The normalized spacial score (nSPS) is 10.1. The first-order valence-electron chi connectivity index (χ1n) is 8.53. The van der Waals surface area contributed by atoms with Crippen molar-refractivity contribution < 1.29 is 14.4 Å². The van der Waals surface area contributed by atoms with Gasteiger partial charge in [0.2, 0.25) is 0 Å². The standard InChI is InChI=1S/C20H23N3O3/c1-3-12-21-19(25)20(26)23-17-7-5-4-6-16(17)18(24)22-13-15-10-8-14(2)9-11-15/h4-11H,3,12-13H2,1-2H3,(H,21,25)(H,22,24)(H,23,26). The molecule has 2 rings (SSSR count). The molecular weight excluding hydrogens is 330 g/mol. The molecule has 0 aliphatic carbocycles. The quantitative estimate of drug-likeness (QED) is 0.697. The summed E-state index contributed by atoms with van der Waals surface area (Å²) in [5.74, 6) is -1.84. The van der Waals surface area contributed by atoms with Gasteiger partial charge in [-0.15, -0.1) is 0 Å². The number of benzene rings is 2. The molecule has 0 saturated heterocycles. The number of rotatable bonds is 6. The van der Waals surface area contributed by atoms with Crippen LogP contribution in [-0.2, 0) is 16.1 Å². The summed E-state index contributed by atoms with van der Waals surface area (Å²) >= 11 is 0. The fourth-order valence-corrected chi connectivity index (χ4v) is 2.27. The minimum absolute atomic E-state index is 0.297. The average Bonchev–Trinajstić information content (AvgIpc) is 2.65. The summed E-state index contributed by atoms with van der Waals surface area (Å²) in [7, 11) is 0. The largest absolute Gasteiger partial charge is 0.348 e. The second kappa shape index (κ2) is 9.36. The molecule has 0 aromatic heterocycles. The van der Waals surface area contributed by atoms with Gasteiger partial charge >= 0.3 is 11.8 Å². The third kappa shape index (κ3) is 5.44. The van der Waals surface area contributed by atoms with Gasteiger partial charge in [-0.25, -0.2) is 0 Å². The van der Waals surface area contributed by atoms with Crippen molar-refractivity contribution in [3.8, 4) is 0 Å². The van der Waals surface area contributed by atoms with Crippen LogP contribution in [-0.4, -0.2) is 24.3 Å². The van der Waals surface area contributed by atoms with Crippen molar-refractivity contribution in [1.82, 2.24) is 10.6 Å². The Morgan fingerprint density at radius 3 is 2.27 bits per heavy atom. The first-order chi connectivity index (χ1) is 12.5. The lowest BCUT2D eigenvalue weighted by Crippen LogP contribution is -2.36. The Labute approximate surface area is 153 Å². The number of hydrogen-bond donors (Lipinski definition) is 3. The lowest BCUT2D eigenvalue weighted by molar-refractivity contribution is -0.136. The maximum atomic E-state index is 12.5. The van der Waals surface area contributed by atoms with Crippen LogP contribution >= 0.6 is 0 Å². The molecular formula is C20H23N3O3. The number of anilines is 1. The van der Waals surface area contributed by atoms with Crippen molar-refractivity contribution in [3.05, 3.63) is 65.2 Å². The van der Waals surface area contributed by atoms with Gasteiger partial charge in [-0.3, -0.25) is 14.4 Å². The van der Waals surface area contributed by atoms with Gasteiger partial charge < -0.3 is 16.0 Å². The zero-order valence-electron chi connectivity index (χ0n) is 15.0. The zero-order chi connectivity index (χ0) is 18.9. The molecule has 0 unspecified atom stereocenters. The van der Waals surface area contributed by atoms with E-state index in [-0.39, 0.29) is 5.91 Å². The van der Waals surface area contributed by atoms with E-state index in [0.717, 1.165) is 17.5 Å². The highest BCUT2D eigenvalue weighted by Crippen LogP contribution is 2.15. The van der Waals surface area contributed by atoms with E-state index in [9.17, 15) is 14.4 Å². The monoisotopic (exact) mass is 353 g/mol. The maximum absolute atomic E-state index is 12.5. The molecule has 26 heavy (non-hydrogen) atoms. The van der Waals surface area contributed by atoms with Gasteiger partial charge in [0, 0.05) is 13.1 Å². The van der Waals surface area contributed by atoms with Gasteiger partial charge in [-0.05, 0) is 31.0 Å². The Kier molecular flexibility index (Phi) is 6.91. The van der Waals surface area contributed by atoms with Gasteiger partial charge in [-0.2, -0.15) is 0 Å². The van der Waals surface area contributed by atoms with Crippen molar-refractivity contribution in [2.24, 2.45) is 0 Å². The molecule has 6 heteroatoms. The Morgan fingerprint density at radius 1 is 0.885 bits per heavy atom. The molecule has 0 heterocycles. The molecule has 0 saturated carbocycles. The zero-order valence-corrected chi connectivity index (χ0v) is 15.0. The smallest absolute Gasteiger partial charge is 0.313 e. The molecule has 0 radical (unpaired) electrons. The summed E-state index contributed by atoms with van der Waals surface area (Å²) in [4.78, 5) is 36.1. The number of hydrogen-bond acceptors (Lipinski definition) is 3. The molecule has 0 fully saturated rings. The second-order valence-corrected chi connectivity index (χ2v) is 5.92. The molecule has 0 aliphatic rings. The SMILES string of the molecule is CCCNC(=O)C(=O)Nc1ccccc1C(=O)NCc1ccc(C)cc1. The molecule has 0 bridgehead atoms. The van der Waals surface area contributed by atoms with E-state index in [1.165, 1.54) is 0 Å². The van der Waals surface area contributed by atoms with Crippen LogP contribution in [0.15, 0.2) is 48.5 Å². The van der Waals surface area contributed by atoms with Crippen LogP contribution in [0.3, 0.4) is 0 Å². The molecule has 3 amide bonds. The maximum Gasteiger partial charge on any atom is 0.313 e. The molecule has 0 aliphatic heterocycles. The summed E-state index contributed by atoms with van der Waals surface area (Å²) in [5, 5.41) is 7.82. The van der Waals surface area contributed by atoms with E-state index in [4.69, 9.17) is 0 Å². The van der Waals surface area contributed by atoms with Gasteiger partial charge in [-0.1, -0.05) is 48.9 Å². The van der Waals surface area contributed by atoms with Crippen LogP contribution in [0.4, 0.5) is 5.69 Å². The highest BCUT2D eigenvalue weighted by molar-refractivity contribution is 6.40. The molecule has 3 N–H and O–H groups in total. The molecule has 2 aromatic carbocycles. The molecule has 136 valence electrons. The molecule has 2 aromatic rings. The van der Waals surface area contributed by atoms with Gasteiger partial charge in [0.25, 0.3) is 5.91 Å². The van der Waals surface area contributed by atoms with Crippen molar-refractivity contribution in [2.45, 2.75) is 26.8 Å². The number of carbonyl (C=O) groups is 3. The van der Waals surface area contributed by atoms with Crippen LogP contribution in [0.1, 0.15) is 34.8 Å². The second-order valence-electron chi connectivity index (χ2n) is 5.92. The summed E-state index contributed by atoms with van der Waals surface area (Å²) in [6.07, 6.45) is 0.733. The summed E-state index contributed by atoms with van der Waals surface area (Å²) in [5.41, 5.74) is 2.72. The van der Waals surface area contributed by atoms with Crippen LogP contribution in [0.5, 0.6) is 0 Å². The third-order valence-electron chi connectivity index (χ3n) is 3.74. The Morgan fingerprint density at radius 2 is 1.58 bits per heavy atom.